The monoisotopic (exact) mass is 178 g/mol. The fourth-order valence-corrected chi connectivity index (χ4v) is 2.89. The maximum atomic E-state index is 2.34. The van der Waals surface area contributed by atoms with E-state index in [0.29, 0.717) is 0 Å². The lowest BCUT2D eigenvalue weighted by atomic mass is 9.97. The molecule has 0 aliphatic carbocycles. The van der Waals surface area contributed by atoms with Crippen molar-refractivity contribution in [3.05, 3.63) is 29.8 Å². The second-order valence-corrected chi connectivity index (χ2v) is 4.57. The second kappa shape index (κ2) is 3.53. The zero-order chi connectivity index (χ0) is 8.39. The highest BCUT2D eigenvalue weighted by Crippen LogP contribution is 2.35. The van der Waals surface area contributed by atoms with Crippen molar-refractivity contribution >= 4 is 11.8 Å². The van der Waals surface area contributed by atoms with Crippen molar-refractivity contribution in [1.82, 2.24) is 0 Å². The fourth-order valence-electron chi connectivity index (χ4n) is 1.75. The molecular formula is C11H14S. The summed E-state index contributed by atoms with van der Waals surface area (Å²) < 4.78 is 0. The van der Waals surface area contributed by atoms with Gasteiger partial charge in [0.15, 0.2) is 0 Å². The van der Waals surface area contributed by atoms with Crippen LogP contribution in [-0.2, 0) is 0 Å². The number of hydrogen-bond donors (Lipinski definition) is 0. The van der Waals surface area contributed by atoms with Crippen LogP contribution < -0.4 is 0 Å². The number of rotatable bonds is 0. The molecular weight excluding hydrogens is 164 g/mol. The molecule has 1 unspecified atom stereocenters. The summed E-state index contributed by atoms with van der Waals surface area (Å²) >= 11 is 2.01. The molecule has 0 amide bonds. The van der Waals surface area contributed by atoms with Crippen molar-refractivity contribution in [2.45, 2.75) is 30.6 Å². The molecule has 1 atom stereocenters. The van der Waals surface area contributed by atoms with Gasteiger partial charge in [-0.15, -0.1) is 11.8 Å². The van der Waals surface area contributed by atoms with E-state index < -0.39 is 0 Å². The third kappa shape index (κ3) is 1.51. The minimum atomic E-state index is 0.760. The van der Waals surface area contributed by atoms with Crippen LogP contribution in [0.25, 0.3) is 0 Å². The van der Waals surface area contributed by atoms with Gasteiger partial charge in [0.25, 0.3) is 0 Å². The highest BCUT2D eigenvalue weighted by atomic mass is 32.2. The molecule has 12 heavy (non-hydrogen) atoms. The van der Waals surface area contributed by atoms with Gasteiger partial charge in [-0.25, -0.2) is 0 Å². The minimum absolute atomic E-state index is 0.760. The molecule has 0 radical (unpaired) electrons. The molecule has 0 spiro atoms. The van der Waals surface area contributed by atoms with Crippen LogP contribution in [0.15, 0.2) is 29.2 Å². The maximum Gasteiger partial charge on any atom is 0.0107 e. The Morgan fingerprint density at radius 3 is 3.08 bits per heavy atom. The minimum Gasteiger partial charge on any atom is -0.126 e. The molecule has 1 aromatic carbocycles. The summed E-state index contributed by atoms with van der Waals surface area (Å²) in [6.07, 6.45) is 2.71. The van der Waals surface area contributed by atoms with Crippen molar-refractivity contribution in [1.29, 1.82) is 0 Å². The predicted octanol–water partition coefficient (Wildman–Crippen LogP) is 3.68. The van der Waals surface area contributed by atoms with Crippen molar-refractivity contribution in [3.63, 3.8) is 0 Å². The fraction of sp³-hybridized carbons (Fsp3) is 0.455. The van der Waals surface area contributed by atoms with Gasteiger partial charge in [-0.1, -0.05) is 25.1 Å². The number of hydrogen-bond acceptors (Lipinski definition) is 1. The van der Waals surface area contributed by atoms with Crippen LogP contribution in [0.4, 0.5) is 0 Å². The normalized spacial score (nSPS) is 22.9. The average Bonchev–Trinajstić information content (AvgIpc) is 2.29. The van der Waals surface area contributed by atoms with E-state index in [4.69, 9.17) is 0 Å². The number of benzene rings is 1. The van der Waals surface area contributed by atoms with Crippen LogP contribution in [0.3, 0.4) is 0 Å². The Hall–Kier alpha value is -0.430. The SMILES string of the molecule is CC1CCCSc2ccccc21. The Labute approximate surface area is 78.4 Å². The van der Waals surface area contributed by atoms with Gasteiger partial charge in [-0.05, 0) is 36.1 Å². The molecule has 2 rings (SSSR count). The summed E-state index contributed by atoms with van der Waals surface area (Å²) in [4.78, 5) is 1.50. The van der Waals surface area contributed by atoms with Crippen molar-refractivity contribution in [3.8, 4) is 0 Å². The molecule has 0 nitrogen and oxygen atoms in total. The summed E-state index contributed by atoms with van der Waals surface area (Å²) in [7, 11) is 0. The molecule has 1 aliphatic heterocycles. The molecule has 0 saturated heterocycles. The van der Waals surface area contributed by atoms with Crippen molar-refractivity contribution in [2.24, 2.45) is 0 Å². The first-order valence-corrected chi connectivity index (χ1v) is 5.58. The first kappa shape index (κ1) is 8.18. The van der Waals surface area contributed by atoms with E-state index in [1.54, 1.807) is 5.56 Å². The van der Waals surface area contributed by atoms with Crippen molar-refractivity contribution < 1.29 is 0 Å². The predicted molar refractivity (Wildman–Crippen MR) is 54.8 cm³/mol. The Morgan fingerprint density at radius 2 is 2.17 bits per heavy atom. The molecule has 64 valence electrons. The Balaban J connectivity index is 2.39. The lowest BCUT2D eigenvalue weighted by molar-refractivity contribution is 0.667. The quantitative estimate of drug-likeness (QED) is 0.584. The van der Waals surface area contributed by atoms with Crippen LogP contribution in [0.1, 0.15) is 31.2 Å². The standard InChI is InChI=1S/C11H14S/c1-9-5-4-8-12-11-7-3-2-6-10(9)11/h2-3,6-7,9H,4-5,8H2,1H3. The first-order valence-electron chi connectivity index (χ1n) is 4.59. The Bertz CT molecular complexity index is 267. The largest absolute Gasteiger partial charge is 0.126 e. The van der Waals surface area contributed by atoms with E-state index in [0.717, 1.165) is 5.92 Å². The first-order chi connectivity index (χ1) is 5.88. The van der Waals surface area contributed by atoms with E-state index in [2.05, 4.69) is 31.2 Å². The molecule has 0 fully saturated rings. The van der Waals surface area contributed by atoms with Crippen LogP contribution in [0.5, 0.6) is 0 Å². The van der Waals surface area contributed by atoms with Crippen LogP contribution in [0.2, 0.25) is 0 Å². The van der Waals surface area contributed by atoms with Gasteiger partial charge in [-0.3, -0.25) is 0 Å². The van der Waals surface area contributed by atoms with Gasteiger partial charge in [0.05, 0.1) is 0 Å². The summed E-state index contributed by atoms with van der Waals surface area (Å²) in [6.45, 7) is 2.34. The zero-order valence-corrected chi connectivity index (χ0v) is 8.23. The smallest absolute Gasteiger partial charge is 0.0107 e. The Kier molecular flexibility index (Phi) is 2.40. The molecule has 0 saturated carbocycles. The van der Waals surface area contributed by atoms with Crippen LogP contribution >= 0.6 is 11.8 Å². The molecule has 1 aliphatic rings. The molecule has 0 aromatic heterocycles. The molecule has 0 N–H and O–H groups in total. The van der Waals surface area contributed by atoms with E-state index in [1.165, 1.54) is 23.5 Å². The van der Waals surface area contributed by atoms with E-state index in [9.17, 15) is 0 Å². The lowest BCUT2D eigenvalue weighted by Crippen LogP contribution is -1.92. The highest BCUT2D eigenvalue weighted by molar-refractivity contribution is 7.99. The van der Waals surface area contributed by atoms with Gasteiger partial charge in [0.2, 0.25) is 0 Å². The van der Waals surface area contributed by atoms with E-state index in [1.807, 2.05) is 11.8 Å². The number of fused-ring (bicyclic) bond motifs is 1. The molecule has 1 heteroatoms. The summed E-state index contributed by atoms with van der Waals surface area (Å²) in [5.74, 6) is 2.05. The highest BCUT2D eigenvalue weighted by Gasteiger charge is 2.13. The van der Waals surface area contributed by atoms with Gasteiger partial charge in [0, 0.05) is 4.90 Å². The van der Waals surface area contributed by atoms with Crippen LogP contribution in [-0.4, -0.2) is 5.75 Å². The van der Waals surface area contributed by atoms with Crippen LogP contribution in [0, 0.1) is 0 Å². The van der Waals surface area contributed by atoms with E-state index in [-0.39, 0.29) is 0 Å². The molecule has 1 heterocycles. The topological polar surface area (TPSA) is 0 Å². The Morgan fingerprint density at radius 1 is 1.33 bits per heavy atom. The van der Waals surface area contributed by atoms with Gasteiger partial charge >= 0.3 is 0 Å². The third-order valence-electron chi connectivity index (χ3n) is 2.49. The molecule has 1 aromatic rings. The summed E-state index contributed by atoms with van der Waals surface area (Å²) in [5.41, 5.74) is 1.56. The maximum absolute atomic E-state index is 2.34. The van der Waals surface area contributed by atoms with Gasteiger partial charge < -0.3 is 0 Å². The second-order valence-electron chi connectivity index (χ2n) is 3.43. The van der Waals surface area contributed by atoms with Crippen molar-refractivity contribution in [2.75, 3.05) is 5.75 Å². The summed E-state index contributed by atoms with van der Waals surface area (Å²) in [6, 6.07) is 8.82. The summed E-state index contributed by atoms with van der Waals surface area (Å²) in [5, 5.41) is 0. The zero-order valence-electron chi connectivity index (χ0n) is 7.42. The molecule has 0 bridgehead atoms. The van der Waals surface area contributed by atoms with E-state index >= 15 is 0 Å². The number of thioether (sulfide) groups is 1. The van der Waals surface area contributed by atoms with Gasteiger partial charge in [-0.2, -0.15) is 0 Å². The third-order valence-corrected chi connectivity index (χ3v) is 3.66. The average molecular weight is 178 g/mol. The lowest BCUT2D eigenvalue weighted by Gasteiger charge is -2.10. The van der Waals surface area contributed by atoms with Gasteiger partial charge in [0.1, 0.15) is 0 Å².